The van der Waals surface area contributed by atoms with Gasteiger partial charge in [-0.1, -0.05) is 12.1 Å². The summed E-state index contributed by atoms with van der Waals surface area (Å²) in [5.41, 5.74) is 1.48. The molecule has 1 aliphatic rings. The molecule has 0 radical (unpaired) electrons. The zero-order valence-corrected chi connectivity index (χ0v) is 13.3. The topological polar surface area (TPSA) is 79.3 Å². The van der Waals surface area contributed by atoms with E-state index in [1.165, 1.54) is 0 Å². The van der Waals surface area contributed by atoms with Gasteiger partial charge in [0.25, 0.3) is 0 Å². The molecular weight excluding hydrogens is 300 g/mol. The van der Waals surface area contributed by atoms with Crippen LogP contribution in [0.5, 0.6) is 0 Å². The maximum atomic E-state index is 12.7. The lowest BCUT2D eigenvalue weighted by molar-refractivity contribution is 0.265. The molecule has 2 N–H and O–H groups in total. The van der Waals surface area contributed by atoms with E-state index in [0.29, 0.717) is 17.9 Å². The molecule has 1 fully saturated rings. The van der Waals surface area contributed by atoms with Crippen molar-refractivity contribution in [2.24, 2.45) is 5.92 Å². The van der Waals surface area contributed by atoms with Crippen LogP contribution in [0.2, 0.25) is 0 Å². The molecule has 0 aliphatic heterocycles. The number of benzene rings is 1. The molecule has 3 rings (SSSR count). The number of aliphatic hydroxyl groups excluding tert-OH is 1. The maximum absolute atomic E-state index is 12.7. The number of hydrogen-bond donors (Lipinski definition) is 2. The van der Waals surface area contributed by atoms with Crippen molar-refractivity contribution in [1.82, 2.24) is 9.71 Å². The maximum Gasteiger partial charge on any atom is 0.242 e. The van der Waals surface area contributed by atoms with Crippen molar-refractivity contribution in [3.8, 4) is 0 Å². The second-order valence-corrected chi connectivity index (χ2v) is 7.60. The Balaban J connectivity index is 1.98. The SMILES string of the molecule is Cc1cnc2c(S(=O)(=O)NC(CCO)C3CC3)cccc2c1. The first-order valence-electron chi connectivity index (χ1n) is 7.50. The third-order valence-electron chi connectivity index (χ3n) is 4.04. The van der Waals surface area contributed by atoms with Crippen LogP contribution in [0, 0.1) is 12.8 Å². The van der Waals surface area contributed by atoms with E-state index in [1.54, 1.807) is 18.3 Å². The number of pyridine rings is 1. The largest absolute Gasteiger partial charge is 0.396 e. The molecule has 5 nitrogen and oxygen atoms in total. The molecule has 1 heterocycles. The van der Waals surface area contributed by atoms with Crippen molar-refractivity contribution in [1.29, 1.82) is 0 Å². The minimum Gasteiger partial charge on any atom is -0.396 e. The van der Waals surface area contributed by atoms with Gasteiger partial charge in [-0.25, -0.2) is 13.1 Å². The molecule has 0 saturated heterocycles. The van der Waals surface area contributed by atoms with Gasteiger partial charge in [0, 0.05) is 24.2 Å². The second-order valence-electron chi connectivity index (χ2n) is 5.92. The molecule has 1 atom stereocenters. The van der Waals surface area contributed by atoms with Gasteiger partial charge >= 0.3 is 0 Å². The lowest BCUT2D eigenvalue weighted by Gasteiger charge is -2.18. The number of nitrogens with zero attached hydrogens (tertiary/aromatic N) is 1. The number of fused-ring (bicyclic) bond motifs is 1. The van der Waals surface area contributed by atoms with E-state index < -0.39 is 10.0 Å². The molecular formula is C16H20N2O3S. The Labute approximate surface area is 130 Å². The summed E-state index contributed by atoms with van der Waals surface area (Å²) < 4.78 is 28.2. The van der Waals surface area contributed by atoms with Crippen molar-refractivity contribution in [3.63, 3.8) is 0 Å². The van der Waals surface area contributed by atoms with Crippen LogP contribution in [0.3, 0.4) is 0 Å². The Hall–Kier alpha value is -1.50. The van der Waals surface area contributed by atoms with Gasteiger partial charge in [-0.15, -0.1) is 0 Å². The van der Waals surface area contributed by atoms with Crippen LogP contribution in [0.25, 0.3) is 10.9 Å². The minimum atomic E-state index is -3.65. The smallest absolute Gasteiger partial charge is 0.242 e. The number of aromatic nitrogens is 1. The number of rotatable bonds is 6. The fourth-order valence-corrected chi connectivity index (χ4v) is 4.27. The highest BCUT2D eigenvalue weighted by molar-refractivity contribution is 7.89. The molecule has 2 aromatic rings. The van der Waals surface area contributed by atoms with Gasteiger partial charge in [0.05, 0.1) is 5.52 Å². The van der Waals surface area contributed by atoms with Crippen LogP contribution >= 0.6 is 0 Å². The standard InChI is InChI=1S/C16H20N2O3S/c1-11-9-13-3-2-4-15(16(13)17-10-11)22(20,21)18-14(7-8-19)12-5-6-12/h2-4,9-10,12,14,18-19H,5-8H2,1H3. The first-order valence-corrected chi connectivity index (χ1v) is 8.98. The first-order chi connectivity index (χ1) is 10.5. The van der Waals surface area contributed by atoms with E-state index in [2.05, 4.69) is 9.71 Å². The average Bonchev–Trinajstić information content (AvgIpc) is 3.30. The Morgan fingerprint density at radius 2 is 2.18 bits per heavy atom. The number of aliphatic hydroxyl groups is 1. The van der Waals surface area contributed by atoms with Crippen LogP contribution in [0.15, 0.2) is 35.4 Å². The van der Waals surface area contributed by atoms with Gasteiger partial charge in [0.1, 0.15) is 4.90 Å². The van der Waals surface area contributed by atoms with Crippen molar-refractivity contribution in [2.75, 3.05) is 6.61 Å². The Bertz CT molecular complexity index is 785. The van der Waals surface area contributed by atoms with Gasteiger partial charge in [-0.05, 0) is 49.8 Å². The lowest BCUT2D eigenvalue weighted by Crippen LogP contribution is -2.37. The molecule has 0 bridgehead atoms. The predicted octanol–water partition coefficient (Wildman–Crippen LogP) is 1.98. The van der Waals surface area contributed by atoms with Crippen LogP contribution in [0.4, 0.5) is 0 Å². The van der Waals surface area contributed by atoms with Crippen LogP contribution < -0.4 is 4.72 Å². The van der Waals surface area contributed by atoms with E-state index in [0.717, 1.165) is 23.8 Å². The van der Waals surface area contributed by atoms with Crippen LogP contribution in [0.1, 0.15) is 24.8 Å². The zero-order chi connectivity index (χ0) is 15.7. The number of nitrogens with one attached hydrogen (secondary N) is 1. The van der Waals surface area contributed by atoms with E-state index in [4.69, 9.17) is 5.11 Å². The summed E-state index contributed by atoms with van der Waals surface area (Å²) in [6.07, 6.45) is 4.15. The summed E-state index contributed by atoms with van der Waals surface area (Å²) in [5, 5.41) is 9.95. The Kier molecular flexibility index (Phi) is 4.16. The number of aryl methyl sites for hydroxylation is 1. The number of hydrogen-bond acceptors (Lipinski definition) is 4. The van der Waals surface area contributed by atoms with Crippen LogP contribution in [-0.2, 0) is 10.0 Å². The summed E-state index contributed by atoms with van der Waals surface area (Å²) in [6.45, 7) is 1.91. The number of para-hydroxylation sites is 1. The highest BCUT2D eigenvalue weighted by Gasteiger charge is 2.34. The number of sulfonamides is 1. The zero-order valence-electron chi connectivity index (χ0n) is 12.5. The molecule has 118 valence electrons. The highest BCUT2D eigenvalue weighted by Crippen LogP contribution is 2.35. The summed E-state index contributed by atoms with van der Waals surface area (Å²) in [4.78, 5) is 4.49. The Morgan fingerprint density at radius 1 is 1.41 bits per heavy atom. The average molecular weight is 320 g/mol. The lowest BCUT2D eigenvalue weighted by atomic mass is 10.1. The second kappa shape index (κ2) is 5.95. The van der Waals surface area contributed by atoms with Gasteiger partial charge in [-0.2, -0.15) is 0 Å². The van der Waals surface area contributed by atoms with Gasteiger partial charge in [0.2, 0.25) is 10.0 Å². The fourth-order valence-electron chi connectivity index (χ4n) is 2.75. The molecule has 1 aliphatic carbocycles. The summed E-state index contributed by atoms with van der Waals surface area (Å²) in [6, 6.07) is 6.90. The predicted molar refractivity (Wildman–Crippen MR) is 85.0 cm³/mol. The first kappa shape index (κ1) is 15.4. The van der Waals surface area contributed by atoms with Gasteiger partial charge < -0.3 is 5.11 Å². The molecule has 0 spiro atoms. The van der Waals surface area contributed by atoms with E-state index in [9.17, 15) is 8.42 Å². The third kappa shape index (κ3) is 3.14. The van der Waals surface area contributed by atoms with E-state index in [-0.39, 0.29) is 17.5 Å². The quantitative estimate of drug-likeness (QED) is 0.853. The summed E-state index contributed by atoms with van der Waals surface area (Å²) >= 11 is 0. The summed E-state index contributed by atoms with van der Waals surface area (Å²) in [7, 11) is -3.65. The van der Waals surface area contributed by atoms with Crippen molar-refractivity contribution >= 4 is 20.9 Å². The van der Waals surface area contributed by atoms with Crippen molar-refractivity contribution in [2.45, 2.75) is 37.1 Å². The van der Waals surface area contributed by atoms with Crippen molar-refractivity contribution in [3.05, 3.63) is 36.0 Å². The highest BCUT2D eigenvalue weighted by atomic mass is 32.2. The molecule has 6 heteroatoms. The Morgan fingerprint density at radius 3 is 2.86 bits per heavy atom. The van der Waals surface area contributed by atoms with Gasteiger partial charge in [0.15, 0.2) is 0 Å². The van der Waals surface area contributed by atoms with Crippen molar-refractivity contribution < 1.29 is 13.5 Å². The molecule has 0 amide bonds. The van der Waals surface area contributed by atoms with Gasteiger partial charge in [-0.3, -0.25) is 4.98 Å². The third-order valence-corrected chi connectivity index (χ3v) is 5.56. The minimum absolute atomic E-state index is 0.0172. The van der Waals surface area contributed by atoms with E-state index >= 15 is 0 Å². The van der Waals surface area contributed by atoms with Crippen LogP contribution in [-0.4, -0.2) is 31.2 Å². The molecule has 1 unspecified atom stereocenters. The monoisotopic (exact) mass is 320 g/mol. The molecule has 22 heavy (non-hydrogen) atoms. The molecule has 1 saturated carbocycles. The fraction of sp³-hybridized carbons (Fsp3) is 0.438. The molecule has 1 aromatic heterocycles. The van der Waals surface area contributed by atoms with E-state index in [1.807, 2.05) is 19.1 Å². The summed E-state index contributed by atoms with van der Waals surface area (Å²) in [5.74, 6) is 0.340. The normalized spacial score (nSPS) is 16.8. The molecule has 1 aromatic carbocycles.